The lowest BCUT2D eigenvalue weighted by Gasteiger charge is -2.05. The zero-order valence-corrected chi connectivity index (χ0v) is 17.3. The maximum absolute atomic E-state index is 12.8. The molecule has 0 radical (unpaired) electrons. The van der Waals surface area contributed by atoms with Gasteiger partial charge in [-0.2, -0.15) is 8.42 Å². The molecule has 0 atom stereocenters. The van der Waals surface area contributed by atoms with Crippen LogP contribution < -0.4 is 9.54 Å². The summed E-state index contributed by atoms with van der Waals surface area (Å²) in [5.41, 5.74) is 1.76. The van der Waals surface area contributed by atoms with E-state index in [0.29, 0.717) is 5.75 Å². The number of carbonyl (C=O) groups excluding carboxylic acids is 1. The Morgan fingerprint density at radius 3 is 2.54 bits per heavy atom. The van der Waals surface area contributed by atoms with E-state index in [9.17, 15) is 13.2 Å². The fraction of sp³-hybridized carbons (Fsp3) is 0.263. The second kappa shape index (κ2) is 8.15. The summed E-state index contributed by atoms with van der Waals surface area (Å²) in [5, 5.41) is 0. The molecule has 148 valence electrons. The summed E-state index contributed by atoms with van der Waals surface area (Å²) in [5.74, 6) is 0.0970. The third-order valence-electron chi connectivity index (χ3n) is 3.99. The van der Waals surface area contributed by atoms with E-state index in [-0.39, 0.29) is 22.8 Å². The molecular weight excluding hydrogens is 400 g/mol. The van der Waals surface area contributed by atoms with E-state index < -0.39 is 16.0 Å². The van der Waals surface area contributed by atoms with Gasteiger partial charge in [-0.15, -0.1) is 4.40 Å². The van der Waals surface area contributed by atoms with E-state index in [0.717, 1.165) is 15.8 Å². The number of carbonyl (C=O) groups is 1. The average Bonchev–Trinajstić information content (AvgIpc) is 2.97. The predicted molar refractivity (Wildman–Crippen MR) is 107 cm³/mol. The molecule has 3 rings (SSSR count). The Balaban J connectivity index is 2.15. The smallest absolute Gasteiger partial charge is 0.326 e. The summed E-state index contributed by atoms with van der Waals surface area (Å²) in [7, 11) is -2.45. The number of esters is 1. The van der Waals surface area contributed by atoms with E-state index >= 15 is 0 Å². The third kappa shape index (κ3) is 4.26. The van der Waals surface area contributed by atoms with E-state index in [1.54, 1.807) is 23.6 Å². The lowest BCUT2D eigenvalue weighted by molar-refractivity contribution is -0.143. The predicted octanol–water partition coefficient (Wildman–Crippen LogP) is 2.87. The van der Waals surface area contributed by atoms with Gasteiger partial charge in [0.15, 0.2) is 0 Å². The number of hydrogen-bond acceptors (Lipinski definition) is 6. The molecule has 0 bridgehead atoms. The molecule has 2 aromatic carbocycles. The lowest BCUT2D eigenvalue weighted by atomic mass is 10.2. The molecule has 0 aliphatic carbocycles. The van der Waals surface area contributed by atoms with Crippen molar-refractivity contribution >= 4 is 37.5 Å². The van der Waals surface area contributed by atoms with Crippen molar-refractivity contribution in [1.82, 2.24) is 4.57 Å². The second-order valence-corrected chi connectivity index (χ2v) is 8.60. The first-order valence-electron chi connectivity index (χ1n) is 8.54. The maximum Gasteiger partial charge on any atom is 0.326 e. The van der Waals surface area contributed by atoms with Gasteiger partial charge in [-0.3, -0.25) is 4.79 Å². The van der Waals surface area contributed by atoms with Crippen LogP contribution in [0.25, 0.3) is 10.2 Å². The minimum absolute atomic E-state index is 0.0459. The Morgan fingerprint density at radius 1 is 1.18 bits per heavy atom. The highest BCUT2D eigenvalue weighted by molar-refractivity contribution is 7.90. The number of ether oxygens (including phenoxy) is 2. The molecule has 0 spiro atoms. The highest BCUT2D eigenvalue weighted by Gasteiger charge is 2.16. The Hall–Kier alpha value is -2.65. The summed E-state index contributed by atoms with van der Waals surface area (Å²) >= 11 is 1.21. The van der Waals surface area contributed by atoms with Crippen molar-refractivity contribution in [1.29, 1.82) is 0 Å². The van der Waals surface area contributed by atoms with Gasteiger partial charge in [-0.05, 0) is 55.8 Å². The number of fused-ring (bicyclic) bond motifs is 1. The molecule has 0 aliphatic rings. The van der Waals surface area contributed by atoms with Crippen LogP contribution in [0.4, 0.5) is 0 Å². The molecule has 0 saturated carbocycles. The molecule has 0 saturated heterocycles. The van der Waals surface area contributed by atoms with E-state index in [2.05, 4.69) is 4.40 Å². The molecular formula is C19H20N2O5S2. The Kier molecular flexibility index (Phi) is 5.85. The number of rotatable bonds is 6. The fourth-order valence-corrected chi connectivity index (χ4v) is 4.97. The summed E-state index contributed by atoms with van der Waals surface area (Å²) < 4.78 is 42.0. The van der Waals surface area contributed by atoms with Gasteiger partial charge in [0.1, 0.15) is 12.3 Å². The monoisotopic (exact) mass is 420 g/mol. The Labute approximate surface area is 166 Å². The van der Waals surface area contributed by atoms with Gasteiger partial charge in [-0.1, -0.05) is 17.4 Å². The van der Waals surface area contributed by atoms with Gasteiger partial charge in [0.05, 0.1) is 28.8 Å². The molecule has 1 aromatic heterocycles. The SMILES string of the molecule is CCOC(=O)Cn1/c(=N/S(=O)(=O)c2ccc(OC)cc2)sc2cc(C)ccc21. The number of sulfonamides is 1. The van der Waals surface area contributed by atoms with Crippen LogP contribution in [0.1, 0.15) is 12.5 Å². The standard InChI is InChI=1S/C19H20N2O5S2/c1-4-26-18(22)12-21-16-10-5-13(2)11-17(16)27-19(21)20-28(23,24)15-8-6-14(25-3)7-9-15/h5-11H,4,12H2,1-3H3/b20-19-. The average molecular weight is 421 g/mol. The zero-order chi connectivity index (χ0) is 20.3. The van der Waals surface area contributed by atoms with Crippen LogP contribution in [-0.4, -0.2) is 32.7 Å². The minimum atomic E-state index is -3.96. The topological polar surface area (TPSA) is 87.0 Å². The Bertz CT molecular complexity index is 1180. The molecule has 0 N–H and O–H groups in total. The normalized spacial score (nSPS) is 12.3. The fourth-order valence-electron chi connectivity index (χ4n) is 2.64. The van der Waals surface area contributed by atoms with Crippen molar-refractivity contribution in [2.45, 2.75) is 25.3 Å². The third-order valence-corrected chi connectivity index (χ3v) is 6.42. The summed E-state index contributed by atoms with van der Waals surface area (Å²) in [4.78, 5) is 12.3. The van der Waals surface area contributed by atoms with Crippen molar-refractivity contribution in [3.05, 3.63) is 52.8 Å². The van der Waals surface area contributed by atoms with Gasteiger partial charge < -0.3 is 14.0 Å². The molecule has 0 amide bonds. The van der Waals surface area contributed by atoms with Crippen molar-refractivity contribution in [2.75, 3.05) is 13.7 Å². The van der Waals surface area contributed by atoms with Crippen LogP contribution in [0, 0.1) is 6.92 Å². The van der Waals surface area contributed by atoms with Gasteiger partial charge in [0, 0.05) is 0 Å². The summed E-state index contributed by atoms with van der Waals surface area (Å²) in [6.07, 6.45) is 0. The molecule has 9 heteroatoms. The van der Waals surface area contributed by atoms with Crippen LogP contribution in [0.15, 0.2) is 51.8 Å². The van der Waals surface area contributed by atoms with E-state index in [1.165, 1.54) is 30.6 Å². The van der Waals surface area contributed by atoms with Crippen LogP contribution in [0.5, 0.6) is 5.75 Å². The number of thiazole rings is 1. The molecule has 0 unspecified atom stereocenters. The molecule has 0 aliphatic heterocycles. The van der Waals surface area contributed by atoms with Crippen LogP contribution >= 0.6 is 11.3 Å². The van der Waals surface area contributed by atoms with Gasteiger partial charge >= 0.3 is 5.97 Å². The summed E-state index contributed by atoms with van der Waals surface area (Å²) in [6, 6.07) is 11.7. The highest BCUT2D eigenvalue weighted by atomic mass is 32.2. The highest BCUT2D eigenvalue weighted by Crippen LogP contribution is 2.21. The van der Waals surface area contributed by atoms with Crippen molar-refractivity contribution < 1.29 is 22.7 Å². The first-order valence-corrected chi connectivity index (χ1v) is 10.8. The number of methoxy groups -OCH3 is 1. The molecule has 1 heterocycles. The summed E-state index contributed by atoms with van der Waals surface area (Å²) in [6.45, 7) is 3.79. The van der Waals surface area contributed by atoms with Crippen LogP contribution in [0.3, 0.4) is 0 Å². The quantitative estimate of drug-likeness (QED) is 0.572. The van der Waals surface area contributed by atoms with Crippen molar-refractivity contribution in [3.8, 4) is 5.75 Å². The van der Waals surface area contributed by atoms with Gasteiger partial charge in [0.25, 0.3) is 10.0 Å². The van der Waals surface area contributed by atoms with Gasteiger partial charge in [0.2, 0.25) is 4.80 Å². The Morgan fingerprint density at radius 2 is 1.89 bits per heavy atom. The minimum Gasteiger partial charge on any atom is -0.497 e. The number of nitrogens with zero attached hydrogens (tertiary/aromatic N) is 2. The molecule has 28 heavy (non-hydrogen) atoms. The maximum atomic E-state index is 12.8. The number of benzene rings is 2. The first-order chi connectivity index (χ1) is 13.3. The van der Waals surface area contributed by atoms with E-state index in [1.807, 2.05) is 25.1 Å². The molecule has 3 aromatic rings. The molecule has 7 nitrogen and oxygen atoms in total. The lowest BCUT2D eigenvalue weighted by Crippen LogP contribution is -2.23. The number of aromatic nitrogens is 1. The number of aryl methyl sites for hydroxylation is 1. The van der Waals surface area contributed by atoms with E-state index in [4.69, 9.17) is 9.47 Å². The molecule has 0 fully saturated rings. The second-order valence-electron chi connectivity index (χ2n) is 5.99. The van der Waals surface area contributed by atoms with Crippen LogP contribution in [0.2, 0.25) is 0 Å². The van der Waals surface area contributed by atoms with Crippen LogP contribution in [-0.2, 0) is 26.1 Å². The van der Waals surface area contributed by atoms with Gasteiger partial charge in [-0.25, -0.2) is 0 Å². The van der Waals surface area contributed by atoms with Crippen molar-refractivity contribution in [2.24, 2.45) is 4.40 Å². The largest absolute Gasteiger partial charge is 0.497 e. The first kappa shape index (κ1) is 20.1. The van der Waals surface area contributed by atoms with Crippen molar-refractivity contribution in [3.63, 3.8) is 0 Å². The number of hydrogen-bond donors (Lipinski definition) is 0. The zero-order valence-electron chi connectivity index (χ0n) is 15.7.